The van der Waals surface area contributed by atoms with Gasteiger partial charge in [-0.05, 0) is 31.4 Å². The average Bonchev–Trinajstić information content (AvgIpc) is 3.22. The molecule has 140 valence electrons. The molecular weight excluding hydrogens is 340 g/mol. The van der Waals surface area contributed by atoms with Crippen molar-refractivity contribution in [2.24, 2.45) is 5.92 Å². The molecule has 5 nitrogen and oxygen atoms in total. The molecule has 0 radical (unpaired) electrons. The fraction of sp³-hybridized carbons (Fsp3) is 0.474. The first kappa shape index (κ1) is 18.4. The zero-order chi connectivity index (χ0) is 18.8. The number of hydrogen-bond donors (Lipinski definition) is 1. The van der Waals surface area contributed by atoms with Gasteiger partial charge < -0.3 is 14.7 Å². The van der Waals surface area contributed by atoms with Gasteiger partial charge in [0, 0.05) is 37.3 Å². The van der Waals surface area contributed by atoms with Crippen LogP contribution in [0.3, 0.4) is 0 Å². The minimum atomic E-state index is -0.846. The van der Waals surface area contributed by atoms with Crippen molar-refractivity contribution in [1.29, 1.82) is 0 Å². The number of hydrogen-bond acceptors (Lipinski definition) is 4. The Labute approximate surface area is 151 Å². The largest absolute Gasteiger partial charge is 0.371 e. The van der Waals surface area contributed by atoms with E-state index in [1.54, 1.807) is 13.0 Å². The molecular formula is C19H23F2N3O2. The Balaban J connectivity index is 1.59. The second-order valence-corrected chi connectivity index (χ2v) is 7.07. The second kappa shape index (κ2) is 7.43. The summed E-state index contributed by atoms with van der Waals surface area (Å²) in [7, 11) is 0. The van der Waals surface area contributed by atoms with Gasteiger partial charge in [0.25, 0.3) is 5.91 Å². The van der Waals surface area contributed by atoms with E-state index in [9.17, 15) is 13.6 Å². The highest BCUT2D eigenvalue weighted by Gasteiger charge is 2.26. The van der Waals surface area contributed by atoms with Crippen molar-refractivity contribution in [3.8, 4) is 0 Å². The van der Waals surface area contributed by atoms with E-state index in [1.807, 2.05) is 18.7 Å². The Morgan fingerprint density at radius 2 is 2.15 bits per heavy atom. The molecule has 1 saturated heterocycles. The quantitative estimate of drug-likeness (QED) is 0.881. The van der Waals surface area contributed by atoms with Gasteiger partial charge >= 0.3 is 0 Å². The number of amides is 1. The molecule has 7 heteroatoms. The first-order valence-electron chi connectivity index (χ1n) is 8.81. The molecule has 0 bridgehead atoms. The van der Waals surface area contributed by atoms with E-state index in [2.05, 4.69) is 10.5 Å². The molecule has 1 fully saturated rings. The minimum Gasteiger partial charge on any atom is -0.371 e. The minimum absolute atomic E-state index is 0.0762. The molecule has 2 aromatic rings. The van der Waals surface area contributed by atoms with Crippen LogP contribution in [0.5, 0.6) is 0 Å². The van der Waals surface area contributed by atoms with Gasteiger partial charge in [0.05, 0.1) is 5.69 Å². The summed E-state index contributed by atoms with van der Waals surface area (Å²) in [5, 5.41) is 6.85. The van der Waals surface area contributed by atoms with Gasteiger partial charge in [0.15, 0.2) is 17.4 Å². The van der Waals surface area contributed by atoms with Gasteiger partial charge in [0.2, 0.25) is 0 Å². The fourth-order valence-corrected chi connectivity index (χ4v) is 3.30. The Hall–Kier alpha value is -2.44. The highest BCUT2D eigenvalue weighted by atomic mass is 19.2. The summed E-state index contributed by atoms with van der Waals surface area (Å²) < 4.78 is 31.7. The van der Waals surface area contributed by atoms with E-state index >= 15 is 0 Å². The van der Waals surface area contributed by atoms with Crippen molar-refractivity contribution in [3.63, 3.8) is 0 Å². The van der Waals surface area contributed by atoms with Gasteiger partial charge in [-0.25, -0.2) is 8.78 Å². The molecule has 1 aromatic carbocycles. The summed E-state index contributed by atoms with van der Waals surface area (Å²) >= 11 is 0. The summed E-state index contributed by atoms with van der Waals surface area (Å²) in [5.41, 5.74) is 1.76. The third kappa shape index (κ3) is 3.71. The second-order valence-electron chi connectivity index (χ2n) is 7.07. The molecule has 1 N–H and O–H groups in total. The highest BCUT2D eigenvalue weighted by Crippen LogP contribution is 2.26. The lowest BCUT2D eigenvalue weighted by atomic mass is 10.0. The fourth-order valence-electron chi connectivity index (χ4n) is 3.30. The predicted octanol–water partition coefficient (Wildman–Crippen LogP) is 3.64. The molecule has 1 atom stereocenters. The third-order valence-corrected chi connectivity index (χ3v) is 4.75. The lowest BCUT2D eigenvalue weighted by Crippen LogP contribution is -2.31. The zero-order valence-corrected chi connectivity index (χ0v) is 15.2. The first-order valence-corrected chi connectivity index (χ1v) is 8.81. The molecule has 1 amide bonds. The van der Waals surface area contributed by atoms with Gasteiger partial charge in [-0.15, -0.1) is 0 Å². The smallest absolute Gasteiger partial charge is 0.256 e. The topological polar surface area (TPSA) is 58.4 Å². The van der Waals surface area contributed by atoms with E-state index in [4.69, 9.17) is 4.52 Å². The highest BCUT2D eigenvalue weighted by molar-refractivity contribution is 5.96. The molecule has 3 rings (SSSR count). The predicted molar refractivity (Wildman–Crippen MR) is 94.3 cm³/mol. The van der Waals surface area contributed by atoms with Crippen LogP contribution >= 0.6 is 0 Å². The average molecular weight is 363 g/mol. The molecule has 1 unspecified atom stereocenters. The Morgan fingerprint density at radius 3 is 2.85 bits per heavy atom. The van der Waals surface area contributed by atoms with E-state index in [0.29, 0.717) is 35.8 Å². The summed E-state index contributed by atoms with van der Waals surface area (Å²) in [5.74, 6) is -0.958. The van der Waals surface area contributed by atoms with Crippen molar-refractivity contribution in [3.05, 3.63) is 46.9 Å². The Kier molecular flexibility index (Phi) is 5.25. The number of carbonyl (C=O) groups is 1. The summed E-state index contributed by atoms with van der Waals surface area (Å²) in [4.78, 5) is 14.5. The van der Waals surface area contributed by atoms with Gasteiger partial charge in [-0.3, -0.25) is 4.79 Å². The van der Waals surface area contributed by atoms with Crippen LogP contribution in [0.25, 0.3) is 0 Å². The normalized spacial score (nSPS) is 17.2. The number of aromatic nitrogens is 1. The number of nitrogens with one attached hydrogen (secondary N) is 1. The van der Waals surface area contributed by atoms with E-state index in [1.165, 1.54) is 6.07 Å². The molecule has 0 aliphatic carbocycles. The molecule has 0 saturated carbocycles. The summed E-state index contributed by atoms with van der Waals surface area (Å²) in [6.45, 7) is 7.60. The molecule has 1 aliphatic rings. The Bertz CT molecular complexity index is 804. The van der Waals surface area contributed by atoms with Crippen LogP contribution in [0.4, 0.5) is 14.5 Å². The number of halogens is 2. The number of aryl methyl sites for hydroxylation is 1. The summed E-state index contributed by atoms with van der Waals surface area (Å²) in [6, 6.07) is 3.93. The first-order chi connectivity index (χ1) is 12.4. The van der Waals surface area contributed by atoms with Gasteiger partial charge in [-0.1, -0.05) is 19.0 Å². The van der Waals surface area contributed by atoms with E-state index in [0.717, 1.165) is 19.0 Å². The standard InChI is InChI=1S/C19H23F2N3O2/c1-11(2)18-17(12(3)23-26-18)19(25)22-9-13-6-7-24(10-13)14-4-5-15(20)16(21)8-14/h4-5,8,11,13H,6-7,9-10H2,1-3H3,(H,22,25). The maximum atomic E-state index is 13.4. The molecule has 1 aromatic heterocycles. The van der Waals surface area contributed by atoms with Crippen molar-refractivity contribution in [2.75, 3.05) is 24.5 Å². The van der Waals surface area contributed by atoms with E-state index < -0.39 is 11.6 Å². The number of anilines is 1. The van der Waals surface area contributed by atoms with Crippen molar-refractivity contribution in [2.45, 2.75) is 33.1 Å². The maximum Gasteiger partial charge on any atom is 0.256 e. The number of carbonyl (C=O) groups excluding carboxylic acids is 1. The number of rotatable bonds is 5. The molecule has 0 spiro atoms. The third-order valence-electron chi connectivity index (χ3n) is 4.75. The van der Waals surface area contributed by atoms with Crippen LogP contribution < -0.4 is 10.2 Å². The number of benzene rings is 1. The van der Waals surface area contributed by atoms with Crippen LogP contribution in [0.2, 0.25) is 0 Å². The van der Waals surface area contributed by atoms with Crippen LogP contribution in [-0.4, -0.2) is 30.7 Å². The zero-order valence-electron chi connectivity index (χ0n) is 15.2. The summed E-state index contributed by atoms with van der Waals surface area (Å²) in [6.07, 6.45) is 0.874. The van der Waals surface area contributed by atoms with Crippen LogP contribution in [0.1, 0.15) is 48.0 Å². The molecule has 2 heterocycles. The molecule has 26 heavy (non-hydrogen) atoms. The number of nitrogens with zero attached hydrogens (tertiary/aromatic N) is 2. The maximum absolute atomic E-state index is 13.4. The lowest BCUT2D eigenvalue weighted by molar-refractivity contribution is 0.0945. The van der Waals surface area contributed by atoms with Gasteiger partial charge in [0.1, 0.15) is 5.56 Å². The monoisotopic (exact) mass is 363 g/mol. The van der Waals surface area contributed by atoms with Crippen LogP contribution in [0.15, 0.2) is 22.7 Å². The van der Waals surface area contributed by atoms with Crippen LogP contribution in [0, 0.1) is 24.5 Å². The molecule has 1 aliphatic heterocycles. The van der Waals surface area contributed by atoms with Crippen LogP contribution in [-0.2, 0) is 0 Å². The van der Waals surface area contributed by atoms with Gasteiger partial charge in [-0.2, -0.15) is 0 Å². The van der Waals surface area contributed by atoms with Crippen molar-refractivity contribution >= 4 is 11.6 Å². The lowest BCUT2D eigenvalue weighted by Gasteiger charge is -2.19. The Morgan fingerprint density at radius 1 is 1.38 bits per heavy atom. The van der Waals surface area contributed by atoms with E-state index in [-0.39, 0.29) is 17.7 Å². The van der Waals surface area contributed by atoms with Crippen molar-refractivity contribution < 1.29 is 18.1 Å². The SMILES string of the molecule is Cc1noc(C(C)C)c1C(=O)NCC1CCN(c2ccc(F)c(F)c2)C1. The van der Waals surface area contributed by atoms with Crippen molar-refractivity contribution in [1.82, 2.24) is 10.5 Å².